The van der Waals surface area contributed by atoms with Crippen LogP contribution in [0.25, 0.3) is 11.0 Å². The highest BCUT2D eigenvalue weighted by Gasteiger charge is 2.45. The largest absolute Gasteiger partial charge is 0.464 e. The lowest BCUT2D eigenvalue weighted by atomic mass is 10.00. The molecule has 1 fully saturated rings. The molecule has 0 bridgehead atoms. The lowest BCUT2D eigenvalue weighted by Crippen LogP contribution is -2.46. The summed E-state index contributed by atoms with van der Waals surface area (Å²) in [4.78, 5) is 25.0. The van der Waals surface area contributed by atoms with Gasteiger partial charge in [-0.1, -0.05) is 6.92 Å². The molecule has 0 aromatic carbocycles. The van der Waals surface area contributed by atoms with Crippen molar-refractivity contribution >= 4 is 22.8 Å². The van der Waals surface area contributed by atoms with Crippen LogP contribution in [0.15, 0.2) is 12.5 Å². The summed E-state index contributed by atoms with van der Waals surface area (Å²) in [6, 6.07) is -0.770. The zero-order valence-corrected chi connectivity index (χ0v) is 15.3. The molecule has 0 aliphatic carbocycles. The van der Waals surface area contributed by atoms with Gasteiger partial charge >= 0.3 is 5.97 Å². The number of aromatic nitrogens is 3. The van der Waals surface area contributed by atoms with Gasteiger partial charge in [0.1, 0.15) is 18.5 Å². The smallest absolute Gasteiger partial charge is 0.305 e. The molecule has 3 heterocycles. The standard InChI is InChI=1S/C17H26N6O3/c1-4-5-11(24)26-7-10-15(23(2)3)16(25)13(22-10)9-6-19-14-12(9)20-8-21-17(14)18/h6,8,10,13,15-16,19,22,25H,4-5,7H2,1-3H3,(H2,18,20,21). The number of hydrogen-bond acceptors (Lipinski definition) is 8. The number of nitrogens with two attached hydrogens (primary N) is 1. The average Bonchev–Trinajstić information content (AvgIpc) is 3.15. The number of esters is 1. The molecule has 0 spiro atoms. The number of rotatable bonds is 6. The topological polar surface area (TPSA) is 129 Å². The minimum absolute atomic E-state index is 0.199. The fraction of sp³-hybridized carbons (Fsp3) is 0.588. The number of likely N-dealkylation sites (N-methyl/N-ethyl adjacent to an activating group) is 1. The molecule has 142 valence electrons. The van der Waals surface area contributed by atoms with Gasteiger partial charge in [-0.05, 0) is 20.5 Å². The summed E-state index contributed by atoms with van der Waals surface area (Å²) in [5.41, 5.74) is 8.02. The van der Waals surface area contributed by atoms with E-state index in [2.05, 4.69) is 20.3 Å². The lowest BCUT2D eigenvalue weighted by Gasteiger charge is -2.27. The summed E-state index contributed by atoms with van der Waals surface area (Å²) in [5.74, 6) is 0.139. The van der Waals surface area contributed by atoms with Crippen molar-refractivity contribution in [2.45, 2.75) is 44.0 Å². The number of carbonyl (C=O) groups excluding carboxylic acids is 1. The number of nitrogen functional groups attached to an aromatic ring is 1. The van der Waals surface area contributed by atoms with Gasteiger partial charge in [-0.3, -0.25) is 4.79 Å². The molecule has 9 nitrogen and oxygen atoms in total. The molecule has 1 saturated heterocycles. The van der Waals surface area contributed by atoms with Crippen molar-refractivity contribution in [2.24, 2.45) is 0 Å². The van der Waals surface area contributed by atoms with Crippen LogP contribution in [0.3, 0.4) is 0 Å². The Bertz CT molecular complexity index is 777. The Morgan fingerprint density at radius 1 is 1.42 bits per heavy atom. The molecule has 0 radical (unpaired) electrons. The van der Waals surface area contributed by atoms with Crippen molar-refractivity contribution in [2.75, 3.05) is 26.4 Å². The predicted molar refractivity (Wildman–Crippen MR) is 97.3 cm³/mol. The molecular formula is C17H26N6O3. The zero-order chi connectivity index (χ0) is 18.8. The summed E-state index contributed by atoms with van der Waals surface area (Å²) in [5, 5.41) is 14.3. The van der Waals surface area contributed by atoms with Gasteiger partial charge in [0.2, 0.25) is 0 Å². The SMILES string of the molecule is CCCC(=O)OCC1NC(c2c[nH]c3c(N)ncnc23)C(O)C1N(C)C. The third-order valence-electron chi connectivity index (χ3n) is 4.83. The lowest BCUT2D eigenvalue weighted by molar-refractivity contribution is -0.144. The van der Waals surface area contributed by atoms with Crippen LogP contribution in [0.4, 0.5) is 5.82 Å². The third kappa shape index (κ3) is 3.37. The summed E-state index contributed by atoms with van der Waals surface area (Å²) in [6.07, 6.45) is 3.63. The van der Waals surface area contributed by atoms with Crippen LogP contribution in [0.1, 0.15) is 31.4 Å². The molecule has 2 aromatic rings. The summed E-state index contributed by atoms with van der Waals surface area (Å²) >= 11 is 0. The highest BCUT2D eigenvalue weighted by molar-refractivity contribution is 5.87. The van der Waals surface area contributed by atoms with Crippen molar-refractivity contribution in [1.82, 2.24) is 25.2 Å². The normalized spacial score (nSPS) is 25.9. The van der Waals surface area contributed by atoms with Crippen molar-refractivity contribution in [3.8, 4) is 0 Å². The van der Waals surface area contributed by atoms with E-state index in [1.165, 1.54) is 6.33 Å². The number of aliphatic hydroxyl groups is 1. The Kier molecular flexibility index (Phi) is 5.40. The molecule has 9 heteroatoms. The monoisotopic (exact) mass is 362 g/mol. The summed E-state index contributed by atoms with van der Waals surface area (Å²) in [7, 11) is 3.79. The number of aromatic amines is 1. The number of H-pyrrole nitrogens is 1. The van der Waals surface area contributed by atoms with Crippen LogP contribution in [0.2, 0.25) is 0 Å². The van der Waals surface area contributed by atoms with E-state index in [9.17, 15) is 9.90 Å². The number of hydrogen-bond donors (Lipinski definition) is 4. The second kappa shape index (κ2) is 7.56. The molecule has 4 unspecified atom stereocenters. The highest BCUT2D eigenvalue weighted by atomic mass is 16.5. The maximum absolute atomic E-state index is 11.7. The van der Waals surface area contributed by atoms with Crippen molar-refractivity contribution < 1.29 is 14.6 Å². The first kappa shape index (κ1) is 18.6. The summed E-state index contributed by atoms with van der Waals surface area (Å²) < 4.78 is 5.37. The Morgan fingerprint density at radius 3 is 2.88 bits per heavy atom. The first-order valence-corrected chi connectivity index (χ1v) is 8.77. The number of aliphatic hydroxyl groups excluding tert-OH is 1. The van der Waals surface area contributed by atoms with Gasteiger partial charge in [-0.25, -0.2) is 9.97 Å². The second-order valence-electron chi connectivity index (χ2n) is 6.86. The maximum Gasteiger partial charge on any atom is 0.305 e. The van der Waals surface area contributed by atoms with Crippen LogP contribution < -0.4 is 11.1 Å². The minimum Gasteiger partial charge on any atom is -0.464 e. The van der Waals surface area contributed by atoms with Crippen molar-refractivity contribution in [1.29, 1.82) is 0 Å². The third-order valence-corrected chi connectivity index (χ3v) is 4.83. The van der Waals surface area contributed by atoms with Crippen LogP contribution in [-0.4, -0.2) is 69.8 Å². The number of nitrogens with zero attached hydrogens (tertiary/aromatic N) is 3. The quantitative estimate of drug-likeness (QED) is 0.536. The fourth-order valence-electron chi connectivity index (χ4n) is 3.62. The molecule has 26 heavy (non-hydrogen) atoms. The van der Waals surface area contributed by atoms with Gasteiger partial charge in [0.25, 0.3) is 0 Å². The Labute approximate surface area is 151 Å². The Hall–Kier alpha value is -2.23. The molecule has 0 amide bonds. The van der Waals surface area contributed by atoms with E-state index >= 15 is 0 Å². The van der Waals surface area contributed by atoms with Gasteiger partial charge in [-0.2, -0.15) is 0 Å². The Morgan fingerprint density at radius 2 is 2.19 bits per heavy atom. The molecular weight excluding hydrogens is 336 g/mol. The van der Waals surface area contributed by atoms with Crippen molar-refractivity contribution in [3.63, 3.8) is 0 Å². The fourth-order valence-corrected chi connectivity index (χ4v) is 3.62. The molecule has 5 N–H and O–H groups in total. The first-order valence-electron chi connectivity index (χ1n) is 8.77. The van der Waals surface area contributed by atoms with Gasteiger partial charge < -0.3 is 30.8 Å². The molecule has 3 rings (SSSR count). The second-order valence-corrected chi connectivity index (χ2v) is 6.86. The maximum atomic E-state index is 11.7. The number of ether oxygens (including phenoxy) is 1. The number of fused-ring (bicyclic) bond motifs is 1. The minimum atomic E-state index is -0.699. The molecule has 1 aliphatic heterocycles. The molecule has 0 saturated carbocycles. The van der Waals surface area contributed by atoms with E-state index in [0.29, 0.717) is 23.3 Å². The predicted octanol–water partition coefficient (Wildman–Crippen LogP) is 0.187. The zero-order valence-electron chi connectivity index (χ0n) is 15.3. The molecule has 4 atom stereocenters. The van der Waals surface area contributed by atoms with Gasteiger partial charge in [0.05, 0.1) is 29.7 Å². The number of nitrogens with one attached hydrogen (secondary N) is 2. The van der Waals surface area contributed by atoms with Gasteiger partial charge in [-0.15, -0.1) is 0 Å². The van der Waals surface area contributed by atoms with Gasteiger partial charge in [0.15, 0.2) is 5.82 Å². The molecule has 1 aliphatic rings. The van der Waals surface area contributed by atoms with Crippen LogP contribution in [0, 0.1) is 0 Å². The van der Waals surface area contributed by atoms with E-state index in [1.54, 1.807) is 6.20 Å². The summed E-state index contributed by atoms with van der Waals surface area (Å²) in [6.45, 7) is 2.14. The van der Waals surface area contributed by atoms with E-state index in [4.69, 9.17) is 10.5 Å². The van der Waals surface area contributed by atoms with Crippen molar-refractivity contribution in [3.05, 3.63) is 18.1 Å². The van der Waals surface area contributed by atoms with Crippen LogP contribution >= 0.6 is 0 Å². The van der Waals surface area contributed by atoms with Gasteiger partial charge in [0, 0.05) is 18.2 Å². The number of carbonyl (C=O) groups is 1. The molecule has 2 aromatic heterocycles. The first-order chi connectivity index (χ1) is 12.4. The van der Waals surface area contributed by atoms with Crippen LogP contribution in [0.5, 0.6) is 0 Å². The highest BCUT2D eigenvalue weighted by Crippen LogP contribution is 2.34. The van der Waals surface area contributed by atoms with E-state index in [-0.39, 0.29) is 30.7 Å². The van der Waals surface area contributed by atoms with Crippen LogP contribution in [-0.2, 0) is 9.53 Å². The van der Waals surface area contributed by atoms with E-state index < -0.39 is 6.10 Å². The average molecular weight is 362 g/mol. The Balaban J connectivity index is 1.84. The van der Waals surface area contributed by atoms with E-state index in [1.807, 2.05) is 25.9 Å². The van der Waals surface area contributed by atoms with E-state index in [0.717, 1.165) is 12.0 Å². The number of anilines is 1.